The van der Waals surface area contributed by atoms with Crippen LogP contribution in [0.15, 0.2) is 11.2 Å². The first-order valence-electron chi connectivity index (χ1n) is 8.60. The number of aromatic nitrogens is 4. The van der Waals surface area contributed by atoms with Gasteiger partial charge in [-0.15, -0.1) is 0 Å². The summed E-state index contributed by atoms with van der Waals surface area (Å²) in [6.45, 7) is 6.22. The van der Waals surface area contributed by atoms with E-state index in [4.69, 9.17) is 4.99 Å². The summed E-state index contributed by atoms with van der Waals surface area (Å²) in [4.78, 5) is 16.2. The van der Waals surface area contributed by atoms with E-state index in [9.17, 15) is 0 Å². The van der Waals surface area contributed by atoms with Crippen LogP contribution in [0.25, 0.3) is 5.65 Å². The third-order valence-electron chi connectivity index (χ3n) is 4.73. The van der Waals surface area contributed by atoms with Crippen LogP contribution in [-0.4, -0.2) is 61.8 Å². The van der Waals surface area contributed by atoms with Gasteiger partial charge in [0, 0.05) is 39.2 Å². The minimum absolute atomic E-state index is 0.130. The number of hydrogen-bond donors (Lipinski definition) is 1. The van der Waals surface area contributed by atoms with Gasteiger partial charge in [-0.25, -0.2) is 14.5 Å². The Hall–Kier alpha value is -2.06. The minimum Gasteiger partial charge on any atom is -0.304 e. The Morgan fingerprint density at radius 2 is 2.00 bits per heavy atom. The lowest BCUT2D eigenvalue weighted by molar-refractivity contribution is 0.0854. The molecule has 0 bridgehead atoms. The first kappa shape index (κ1) is 15.5. The summed E-state index contributed by atoms with van der Waals surface area (Å²) in [6.07, 6.45) is 6.09. The zero-order chi connectivity index (χ0) is 16.7. The molecule has 2 aromatic heterocycles. The van der Waals surface area contributed by atoms with Crippen molar-refractivity contribution in [2.24, 2.45) is 4.99 Å². The highest BCUT2D eigenvalue weighted by atomic mass is 15.7. The number of amidine groups is 1. The Balaban J connectivity index is 1.46. The molecule has 1 atom stereocenters. The van der Waals surface area contributed by atoms with Crippen LogP contribution in [0, 0.1) is 13.8 Å². The molecule has 0 spiro atoms. The lowest BCUT2D eigenvalue weighted by atomic mass is 10.3. The summed E-state index contributed by atoms with van der Waals surface area (Å²) < 4.78 is 1.88. The van der Waals surface area contributed by atoms with E-state index < -0.39 is 0 Å². The van der Waals surface area contributed by atoms with Crippen LogP contribution in [0.5, 0.6) is 0 Å². The van der Waals surface area contributed by atoms with E-state index in [1.807, 2.05) is 24.6 Å². The molecular weight excluding hydrogens is 304 g/mol. The van der Waals surface area contributed by atoms with Crippen LogP contribution in [0.2, 0.25) is 0 Å². The highest BCUT2D eigenvalue weighted by molar-refractivity contribution is 5.83. The number of hydrogen-bond acceptors (Lipinski definition) is 7. The third-order valence-corrected chi connectivity index (χ3v) is 4.73. The maximum Gasteiger partial charge on any atom is 0.177 e. The number of aliphatic imine (C=N–C) groups is 1. The second-order valence-electron chi connectivity index (χ2n) is 6.64. The quantitative estimate of drug-likeness (QED) is 0.899. The predicted molar refractivity (Wildman–Crippen MR) is 91.5 cm³/mol. The molecular formula is C16H24N8. The van der Waals surface area contributed by atoms with E-state index in [0.29, 0.717) is 0 Å². The zero-order valence-electron chi connectivity index (χ0n) is 14.5. The number of nitrogens with one attached hydrogen (secondary N) is 1. The molecule has 1 unspecified atom stereocenters. The predicted octanol–water partition coefficient (Wildman–Crippen LogP) is 0.902. The van der Waals surface area contributed by atoms with Gasteiger partial charge >= 0.3 is 0 Å². The molecule has 1 fully saturated rings. The van der Waals surface area contributed by atoms with Gasteiger partial charge in [-0.2, -0.15) is 10.1 Å². The monoisotopic (exact) mass is 328 g/mol. The van der Waals surface area contributed by atoms with Crippen LogP contribution in [0.4, 0.5) is 0 Å². The summed E-state index contributed by atoms with van der Waals surface area (Å²) in [5.41, 5.74) is 6.13. The molecule has 0 aromatic carbocycles. The Kier molecular flexibility index (Phi) is 3.93. The highest BCUT2D eigenvalue weighted by Crippen LogP contribution is 2.18. The standard InChI is InChI=1S/C16H24N8/c1-11-10-17-12(2)15-18-13(21-24(11)15)6-7-14-19-16(22(3)20-14)23-8-4-5-9-23/h10,16H,4-9H2,1-3H3,(H,19,20). The Morgan fingerprint density at radius 3 is 2.75 bits per heavy atom. The van der Waals surface area contributed by atoms with Gasteiger partial charge in [-0.1, -0.05) is 0 Å². The summed E-state index contributed by atoms with van der Waals surface area (Å²) in [5.74, 6) is 1.85. The van der Waals surface area contributed by atoms with Crippen LogP contribution in [0.3, 0.4) is 0 Å². The maximum atomic E-state index is 4.84. The SMILES string of the molecule is Cc1ncc(C)n2nc(CCC3=NC(N4CCCC4)N(C)N3)nc12. The van der Waals surface area contributed by atoms with Crippen molar-refractivity contribution in [3.05, 3.63) is 23.4 Å². The maximum absolute atomic E-state index is 4.84. The normalized spacial score (nSPS) is 22.3. The van der Waals surface area contributed by atoms with Crippen molar-refractivity contribution < 1.29 is 0 Å². The lowest BCUT2D eigenvalue weighted by Gasteiger charge is -2.26. The summed E-state index contributed by atoms with van der Waals surface area (Å²) in [6, 6.07) is 0. The van der Waals surface area contributed by atoms with Crippen molar-refractivity contribution in [2.75, 3.05) is 20.1 Å². The van der Waals surface area contributed by atoms with E-state index >= 15 is 0 Å². The Labute approximate surface area is 141 Å². The van der Waals surface area contributed by atoms with Gasteiger partial charge in [-0.3, -0.25) is 9.88 Å². The Bertz CT molecular complexity index is 735. The van der Waals surface area contributed by atoms with Gasteiger partial charge in [-0.05, 0) is 26.7 Å². The molecule has 2 aromatic rings. The van der Waals surface area contributed by atoms with Gasteiger partial charge in [0.15, 0.2) is 17.8 Å². The molecule has 1 N–H and O–H groups in total. The molecule has 128 valence electrons. The molecule has 0 saturated carbocycles. The van der Waals surface area contributed by atoms with Crippen molar-refractivity contribution in [3.63, 3.8) is 0 Å². The Morgan fingerprint density at radius 1 is 1.21 bits per heavy atom. The van der Waals surface area contributed by atoms with Crippen molar-refractivity contribution in [1.82, 2.24) is 34.9 Å². The second kappa shape index (κ2) is 6.10. The van der Waals surface area contributed by atoms with Crippen molar-refractivity contribution >= 4 is 11.5 Å². The van der Waals surface area contributed by atoms with Crippen LogP contribution in [-0.2, 0) is 6.42 Å². The van der Waals surface area contributed by atoms with E-state index in [-0.39, 0.29) is 6.29 Å². The number of fused-ring (bicyclic) bond motifs is 1. The molecule has 24 heavy (non-hydrogen) atoms. The smallest absolute Gasteiger partial charge is 0.177 e. The van der Waals surface area contributed by atoms with Gasteiger partial charge in [0.1, 0.15) is 5.84 Å². The number of likely N-dealkylation sites (tertiary alicyclic amines) is 1. The molecule has 8 nitrogen and oxygen atoms in total. The average Bonchev–Trinajstić information content (AvgIpc) is 3.28. The van der Waals surface area contributed by atoms with Gasteiger partial charge in [0.05, 0.1) is 11.4 Å². The van der Waals surface area contributed by atoms with E-state index in [0.717, 1.165) is 54.6 Å². The van der Waals surface area contributed by atoms with E-state index in [1.165, 1.54) is 12.8 Å². The third kappa shape index (κ3) is 2.76. The molecule has 8 heteroatoms. The van der Waals surface area contributed by atoms with E-state index in [1.54, 1.807) is 0 Å². The fraction of sp³-hybridized carbons (Fsp3) is 0.625. The van der Waals surface area contributed by atoms with Gasteiger partial charge < -0.3 is 5.43 Å². The fourth-order valence-electron chi connectivity index (χ4n) is 3.41. The molecule has 2 aliphatic heterocycles. The highest BCUT2D eigenvalue weighted by Gasteiger charge is 2.30. The molecule has 2 aliphatic rings. The van der Waals surface area contributed by atoms with Gasteiger partial charge in [0.2, 0.25) is 0 Å². The summed E-state index contributed by atoms with van der Waals surface area (Å²) in [7, 11) is 2.06. The molecule has 4 heterocycles. The van der Waals surface area contributed by atoms with Crippen LogP contribution in [0.1, 0.15) is 36.5 Å². The average molecular weight is 328 g/mol. The number of aryl methyl sites for hydroxylation is 3. The lowest BCUT2D eigenvalue weighted by Crippen LogP contribution is -2.46. The first-order chi connectivity index (χ1) is 11.6. The number of hydrazine groups is 1. The summed E-state index contributed by atoms with van der Waals surface area (Å²) in [5, 5.41) is 6.70. The van der Waals surface area contributed by atoms with Crippen LogP contribution < -0.4 is 5.43 Å². The zero-order valence-corrected chi connectivity index (χ0v) is 14.5. The van der Waals surface area contributed by atoms with E-state index in [2.05, 4.69) is 37.4 Å². The number of nitrogens with zero attached hydrogens (tertiary/aromatic N) is 7. The minimum atomic E-state index is 0.130. The van der Waals surface area contributed by atoms with Crippen molar-refractivity contribution in [3.8, 4) is 0 Å². The topological polar surface area (TPSA) is 74.0 Å². The summed E-state index contributed by atoms with van der Waals surface area (Å²) >= 11 is 0. The first-order valence-corrected chi connectivity index (χ1v) is 8.60. The van der Waals surface area contributed by atoms with Gasteiger partial charge in [0.25, 0.3) is 0 Å². The molecule has 1 saturated heterocycles. The fourth-order valence-corrected chi connectivity index (χ4v) is 3.41. The molecule has 4 rings (SSSR count). The second-order valence-corrected chi connectivity index (χ2v) is 6.64. The van der Waals surface area contributed by atoms with Crippen molar-refractivity contribution in [2.45, 2.75) is 45.8 Å². The van der Waals surface area contributed by atoms with Crippen molar-refractivity contribution in [1.29, 1.82) is 0 Å². The number of rotatable bonds is 4. The molecule has 0 amide bonds. The van der Waals surface area contributed by atoms with Crippen LogP contribution >= 0.6 is 0 Å². The molecule has 0 radical (unpaired) electrons. The molecule has 0 aliphatic carbocycles. The largest absolute Gasteiger partial charge is 0.304 e.